The summed E-state index contributed by atoms with van der Waals surface area (Å²) in [5.74, 6) is 3.17. The van der Waals surface area contributed by atoms with Crippen LogP contribution in [0.4, 0.5) is 0 Å². The van der Waals surface area contributed by atoms with Crippen molar-refractivity contribution in [3.63, 3.8) is 0 Å². The van der Waals surface area contributed by atoms with Gasteiger partial charge in [0.1, 0.15) is 0 Å². The third-order valence-corrected chi connectivity index (χ3v) is 2.99. The van der Waals surface area contributed by atoms with Crippen LogP contribution in [0.1, 0.15) is 16.1 Å². The Kier molecular flexibility index (Phi) is 1.74. The molecule has 2 rings (SSSR count). The molecule has 0 spiro atoms. The average Bonchev–Trinajstić information content (AvgIpc) is 2.68. The third-order valence-electron chi connectivity index (χ3n) is 2.11. The van der Waals surface area contributed by atoms with Gasteiger partial charge >= 0.3 is 0 Å². The first-order valence-electron chi connectivity index (χ1n) is 3.87. The monoisotopic (exact) mass is 176 g/mol. The average molecular weight is 176 g/mol. The lowest BCUT2D eigenvalue weighted by Gasteiger charge is -1.90. The highest BCUT2D eigenvalue weighted by molar-refractivity contribution is 7.12. The van der Waals surface area contributed by atoms with Gasteiger partial charge in [0, 0.05) is 11.8 Å². The minimum absolute atomic E-state index is 0.119. The van der Waals surface area contributed by atoms with E-state index in [1.165, 1.54) is 11.3 Å². The summed E-state index contributed by atoms with van der Waals surface area (Å²) in [7, 11) is 0. The molecule has 2 unspecified atom stereocenters. The topological polar surface area (TPSA) is 17.1 Å². The molecule has 1 nitrogen and oxygen atoms in total. The second-order valence-corrected chi connectivity index (χ2v) is 3.90. The van der Waals surface area contributed by atoms with E-state index in [0.717, 1.165) is 11.3 Å². The fraction of sp³-hybridized carbons (Fsp3) is 0.300. The molecule has 0 bridgehead atoms. The zero-order chi connectivity index (χ0) is 8.55. The molecular weight excluding hydrogens is 168 g/mol. The summed E-state index contributed by atoms with van der Waals surface area (Å²) < 4.78 is 0. The number of carbonyl (C=O) groups is 1. The van der Waals surface area contributed by atoms with Gasteiger partial charge in [-0.3, -0.25) is 4.79 Å². The summed E-state index contributed by atoms with van der Waals surface area (Å²) in [6.45, 7) is 0. The number of ketones is 1. The maximum Gasteiger partial charge on any atom is 0.177 e. The van der Waals surface area contributed by atoms with Crippen LogP contribution in [0.15, 0.2) is 17.5 Å². The van der Waals surface area contributed by atoms with Crippen LogP contribution in [0.25, 0.3) is 0 Å². The Bertz CT molecular complexity index is 331. The Morgan fingerprint density at radius 1 is 1.75 bits per heavy atom. The highest BCUT2D eigenvalue weighted by atomic mass is 32.1. The lowest BCUT2D eigenvalue weighted by atomic mass is 10.2. The van der Waals surface area contributed by atoms with E-state index in [-0.39, 0.29) is 17.6 Å². The molecule has 60 valence electrons. The van der Waals surface area contributed by atoms with E-state index in [2.05, 4.69) is 5.92 Å². The standard InChI is InChI=1S/C10H8OS/c1-2-7-6-8(7)10(11)9-4-3-5-12-9/h1,3-5,7-8H,6H2. The molecule has 12 heavy (non-hydrogen) atoms. The largest absolute Gasteiger partial charge is 0.293 e. The van der Waals surface area contributed by atoms with Gasteiger partial charge in [-0.1, -0.05) is 6.07 Å². The number of terminal acetylenes is 1. The maximum absolute atomic E-state index is 11.6. The molecule has 0 aromatic carbocycles. The van der Waals surface area contributed by atoms with Crippen LogP contribution in [0.5, 0.6) is 0 Å². The molecule has 1 aliphatic carbocycles. The van der Waals surface area contributed by atoms with Gasteiger partial charge in [-0.25, -0.2) is 0 Å². The number of hydrogen-bond donors (Lipinski definition) is 0. The van der Waals surface area contributed by atoms with Crippen molar-refractivity contribution in [3.8, 4) is 12.3 Å². The van der Waals surface area contributed by atoms with Crippen LogP contribution in [0, 0.1) is 24.2 Å². The van der Waals surface area contributed by atoms with Gasteiger partial charge in [-0.05, 0) is 17.9 Å². The van der Waals surface area contributed by atoms with Crippen molar-refractivity contribution in [3.05, 3.63) is 22.4 Å². The van der Waals surface area contributed by atoms with E-state index in [0.29, 0.717) is 0 Å². The second-order valence-electron chi connectivity index (χ2n) is 2.96. The summed E-state index contributed by atoms with van der Waals surface area (Å²) in [5.41, 5.74) is 0. The van der Waals surface area contributed by atoms with Gasteiger partial charge in [0.2, 0.25) is 0 Å². The van der Waals surface area contributed by atoms with Crippen LogP contribution < -0.4 is 0 Å². The Hall–Kier alpha value is -1.07. The van der Waals surface area contributed by atoms with Crippen molar-refractivity contribution in [2.24, 2.45) is 11.8 Å². The highest BCUT2D eigenvalue weighted by Crippen LogP contribution is 2.40. The van der Waals surface area contributed by atoms with Crippen molar-refractivity contribution in [1.82, 2.24) is 0 Å². The maximum atomic E-state index is 11.6. The normalized spacial score (nSPS) is 26.2. The summed E-state index contributed by atoms with van der Waals surface area (Å²) in [6, 6.07) is 3.75. The molecular formula is C10H8OS. The number of rotatable bonds is 2. The van der Waals surface area contributed by atoms with Crippen LogP contribution >= 0.6 is 11.3 Å². The molecule has 1 aliphatic rings. The van der Waals surface area contributed by atoms with E-state index in [1.54, 1.807) is 0 Å². The van der Waals surface area contributed by atoms with Gasteiger partial charge in [-0.2, -0.15) is 0 Å². The molecule has 0 radical (unpaired) electrons. The molecule has 1 aromatic heterocycles. The van der Waals surface area contributed by atoms with Crippen molar-refractivity contribution < 1.29 is 4.79 Å². The zero-order valence-corrected chi connectivity index (χ0v) is 7.30. The van der Waals surface area contributed by atoms with Crippen LogP contribution in [-0.4, -0.2) is 5.78 Å². The van der Waals surface area contributed by atoms with Gasteiger partial charge in [0.15, 0.2) is 5.78 Å². The van der Waals surface area contributed by atoms with Crippen LogP contribution in [0.3, 0.4) is 0 Å². The predicted octanol–water partition coefficient (Wildman–Crippen LogP) is 2.20. The van der Waals surface area contributed by atoms with Crippen LogP contribution in [0.2, 0.25) is 0 Å². The molecule has 1 heterocycles. The number of carbonyl (C=O) groups excluding carboxylic acids is 1. The van der Waals surface area contributed by atoms with E-state index in [9.17, 15) is 4.79 Å². The second kappa shape index (κ2) is 2.76. The van der Waals surface area contributed by atoms with Crippen LogP contribution in [-0.2, 0) is 0 Å². The quantitative estimate of drug-likeness (QED) is 0.498. The summed E-state index contributed by atoms with van der Waals surface area (Å²) in [5, 5.41) is 1.92. The SMILES string of the molecule is C#CC1CC1C(=O)c1cccs1. The van der Waals surface area contributed by atoms with Gasteiger partial charge in [-0.15, -0.1) is 23.7 Å². The fourth-order valence-corrected chi connectivity index (χ4v) is 2.00. The molecule has 0 amide bonds. The molecule has 1 saturated carbocycles. The fourth-order valence-electron chi connectivity index (χ4n) is 1.27. The molecule has 1 fully saturated rings. The Balaban J connectivity index is 2.10. The van der Waals surface area contributed by atoms with Gasteiger partial charge in [0.25, 0.3) is 0 Å². The smallest absolute Gasteiger partial charge is 0.177 e. The van der Waals surface area contributed by atoms with Crippen molar-refractivity contribution in [1.29, 1.82) is 0 Å². The lowest BCUT2D eigenvalue weighted by Crippen LogP contribution is -1.99. The van der Waals surface area contributed by atoms with E-state index in [4.69, 9.17) is 6.42 Å². The molecule has 0 N–H and O–H groups in total. The summed E-state index contributed by atoms with van der Waals surface area (Å²) >= 11 is 1.49. The molecule has 1 aromatic rings. The van der Waals surface area contributed by atoms with E-state index < -0.39 is 0 Å². The summed E-state index contributed by atoms with van der Waals surface area (Å²) in [6.07, 6.45) is 6.10. The van der Waals surface area contributed by atoms with Gasteiger partial charge in [0.05, 0.1) is 4.88 Å². The first kappa shape index (κ1) is 7.57. The molecule has 0 aliphatic heterocycles. The molecule has 0 saturated heterocycles. The van der Waals surface area contributed by atoms with E-state index in [1.807, 2.05) is 17.5 Å². The first-order chi connectivity index (χ1) is 5.83. The Morgan fingerprint density at radius 3 is 3.08 bits per heavy atom. The predicted molar refractivity (Wildman–Crippen MR) is 49.1 cm³/mol. The first-order valence-corrected chi connectivity index (χ1v) is 4.74. The van der Waals surface area contributed by atoms with Crippen molar-refractivity contribution >= 4 is 17.1 Å². The summed E-state index contributed by atoms with van der Waals surface area (Å²) in [4.78, 5) is 12.4. The number of thiophene rings is 1. The molecule has 2 atom stereocenters. The molecule has 2 heteroatoms. The van der Waals surface area contributed by atoms with Crippen molar-refractivity contribution in [2.75, 3.05) is 0 Å². The minimum Gasteiger partial charge on any atom is -0.293 e. The zero-order valence-electron chi connectivity index (χ0n) is 6.49. The highest BCUT2D eigenvalue weighted by Gasteiger charge is 2.42. The number of hydrogen-bond acceptors (Lipinski definition) is 2. The third kappa shape index (κ3) is 1.17. The lowest BCUT2D eigenvalue weighted by molar-refractivity contribution is 0.0968. The Labute approximate surface area is 75.4 Å². The Morgan fingerprint density at radius 2 is 2.58 bits per heavy atom. The van der Waals surface area contributed by atoms with Gasteiger partial charge < -0.3 is 0 Å². The van der Waals surface area contributed by atoms with Crippen molar-refractivity contribution in [2.45, 2.75) is 6.42 Å². The minimum atomic E-state index is 0.119. The number of Topliss-reactive ketones (excluding diaryl/α,β-unsaturated/α-hetero) is 1. The van der Waals surface area contributed by atoms with E-state index >= 15 is 0 Å².